The Bertz CT molecular complexity index is 424. The molecule has 0 saturated heterocycles. The predicted octanol–water partition coefficient (Wildman–Crippen LogP) is 1.89. The minimum Gasteiger partial charge on any atom is -0.493 e. The van der Waals surface area contributed by atoms with Gasteiger partial charge in [-0.3, -0.25) is 4.79 Å². The lowest BCUT2D eigenvalue weighted by Crippen LogP contribution is -2.35. The fourth-order valence-corrected chi connectivity index (χ4v) is 2.05. The van der Waals surface area contributed by atoms with Gasteiger partial charge in [0, 0.05) is 24.8 Å². The standard InChI is InChI=1S/C16H27N3O2/c1-3-10-19(4-2)11-9-18-16(20)8-12-21-15-7-5-6-14(17)13-15/h5-7,13H,3-4,8-12,17H2,1-2H3,(H,18,20). The van der Waals surface area contributed by atoms with Crippen molar-refractivity contribution in [2.45, 2.75) is 26.7 Å². The van der Waals surface area contributed by atoms with Gasteiger partial charge in [-0.15, -0.1) is 0 Å². The van der Waals surface area contributed by atoms with Crippen molar-refractivity contribution in [1.29, 1.82) is 0 Å². The number of nitrogens with two attached hydrogens (primary N) is 1. The Hall–Kier alpha value is -1.75. The second-order valence-electron chi connectivity index (χ2n) is 4.96. The van der Waals surface area contributed by atoms with E-state index in [1.54, 1.807) is 12.1 Å². The summed E-state index contributed by atoms with van der Waals surface area (Å²) in [5.41, 5.74) is 6.32. The molecule has 1 amide bonds. The first-order chi connectivity index (χ1) is 10.2. The molecule has 5 nitrogen and oxygen atoms in total. The smallest absolute Gasteiger partial charge is 0.223 e. The monoisotopic (exact) mass is 293 g/mol. The third-order valence-electron chi connectivity index (χ3n) is 3.19. The molecule has 0 radical (unpaired) electrons. The van der Waals surface area contributed by atoms with Gasteiger partial charge >= 0.3 is 0 Å². The lowest BCUT2D eigenvalue weighted by molar-refractivity contribution is -0.121. The van der Waals surface area contributed by atoms with Crippen LogP contribution in [0.25, 0.3) is 0 Å². The van der Waals surface area contributed by atoms with Gasteiger partial charge in [0.2, 0.25) is 5.91 Å². The zero-order valence-electron chi connectivity index (χ0n) is 13.1. The largest absolute Gasteiger partial charge is 0.493 e. The summed E-state index contributed by atoms with van der Waals surface area (Å²) in [5, 5.41) is 2.92. The predicted molar refractivity (Wildman–Crippen MR) is 86.4 cm³/mol. The van der Waals surface area contributed by atoms with Gasteiger partial charge in [-0.1, -0.05) is 19.9 Å². The van der Waals surface area contributed by atoms with Crippen LogP contribution in [0.2, 0.25) is 0 Å². The number of nitrogens with one attached hydrogen (secondary N) is 1. The Labute approximate surface area is 127 Å². The molecule has 0 aliphatic rings. The van der Waals surface area contributed by atoms with Gasteiger partial charge in [0.1, 0.15) is 5.75 Å². The molecule has 0 aliphatic heterocycles. The average molecular weight is 293 g/mol. The van der Waals surface area contributed by atoms with Crippen molar-refractivity contribution >= 4 is 11.6 Å². The van der Waals surface area contributed by atoms with Gasteiger partial charge in [0.15, 0.2) is 0 Å². The van der Waals surface area contributed by atoms with E-state index in [-0.39, 0.29) is 5.91 Å². The average Bonchev–Trinajstić information content (AvgIpc) is 2.46. The van der Waals surface area contributed by atoms with Crippen LogP contribution in [0.3, 0.4) is 0 Å². The molecule has 0 bridgehead atoms. The summed E-state index contributed by atoms with van der Waals surface area (Å²) >= 11 is 0. The summed E-state index contributed by atoms with van der Waals surface area (Å²) in [5.74, 6) is 0.717. The highest BCUT2D eigenvalue weighted by atomic mass is 16.5. The Balaban J connectivity index is 2.14. The van der Waals surface area contributed by atoms with Crippen LogP contribution < -0.4 is 15.8 Å². The van der Waals surface area contributed by atoms with Gasteiger partial charge in [-0.25, -0.2) is 0 Å². The molecule has 1 rings (SSSR count). The van der Waals surface area contributed by atoms with Crippen LogP contribution >= 0.6 is 0 Å². The number of nitrogen functional groups attached to an aromatic ring is 1. The van der Waals surface area contributed by atoms with E-state index in [1.165, 1.54) is 0 Å². The molecular weight excluding hydrogens is 266 g/mol. The topological polar surface area (TPSA) is 67.6 Å². The fraction of sp³-hybridized carbons (Fsp3) is 0.562. The lowest BCUT2D eigenvalue weighted by Gasteiger charge is -2.19. The Kier molecular flexibility index (Phi) is 8.28. The molecule has 0 aromatic heterocycles. The van der Waals surface area contributed by atoms with Crippen LogP contribution in [0.4, 0.5) is 5.69 Å². The lowest BCUT2D eigenvalue weighted by atomic mass is 10.3. The van der Waals surface area contributed by atoms with Crippen LogP contribution in [0, 0.1) is 0 Å². The Morgan fingerprint density at radius 2 is 2.14 bits per heavy atom. The minimum atomic E-state index is 0.0199. The highest BCUT2D eigenvalue weighted by Crippen LogP contribution is 2.14. The van der Waals surface area contributed by atoms with Gasteiger partial charge in [-0.2, -0.15) is 0 Å². The maximum Gasteiger partial charge on any atom is 0.223 e. The number of hydrogen-bond donors (Lipinski definition) is 2. The molecular formula is C16H27N3O2. The molecule has 0 fully saturated rings. The van der Waals surface area contributed by atoms with E-state index in [9.17, 15) is 4.79 Å². The molecule has 0 atom stereocenters. The highest BCUT2D eigenvalue weighted by Gasteiger charge is 2.04. The second kappa shape index (κ2) is 10.0. The van der Waals surface area contributed by atoms with Crippen molar-refractivity contribution in [3.63, 3.8) is 0 Å². The van der Waals surface area contributed by atoms with Crippen molar-refractivity contribution in [3.8, 4) is 5.75 Å². The SMILES string of the molecule is CCCN(CC)CCNC(=O)CCOc1cccc(N)c1. The molecule has 1 aromatic carbocycles. The van der Waals surface area contributed by atoms with Crippen LogP contribution in [0.15, 0.2) is 24.3 Å². The van der Waals surface area contributed by atoms with Crippen LogP contribution in [-0.4, -0.2) is 43.6 Å². The summed E-state index contributed by atoms with van der Waals surface area (Å²) in [7, 11) is 0. The third kappa shape index (κ3) is 7.56. The van der Waals surface area contributed by atoms with Crippen LogP contribution in [0.1, 0.15) is 26.7 Å². The highest BCUT2D eigenvalue weighted by molar-refractivity contribution is 5.75. The number of amides is 1. The summed E-state index contributed by atoms with van der Waals surface area (Å²) in [4.78, 5) is 14.0. The van der Waals surface area contributed by atoms with Gasteiger partial charge in [0.05, 0.1) is 13.0 Å². The quantitative estimate of drug-likeness (QED) is 0.646. The number of ether oxygens (including phenoxy) is 1. The van der Waals surface area contributed by atoms with Crippen LogP contribution in [-0.2, 0) is 4.79 Å². The molecule has 0 aliphatic carbocycles. The van der Waals surface area contributed by atoms with Crippen molar-refractivity contribution in [2.24, 2.45) is 0 Å². The van der Waals surface area contributed by atoms with E-state index < -0.39 is 0 Å². The number of benzene rings is 1. The van der Waals surface area contributed by atoms with E-state index >= 15 is 0 Å². The van der Waals surface area contributed by atoms with Gasteiger partial charge < -0.3 is 20.7 Å². The summed E-state index contributed by atoms with van der Waals surface area (Å²) in [6.45, 7) is 8.33. The Morgan fingerprint density at radius 1 is 1.33 bits per heavy atom. The van der Waals surface area contributed by atoms with Gasteiger partial charge in [-0.05, 0) is 31.6 Å². The maximum atomic E-state index is 11.7. The molecule has 21 heavy (non-hydrogen) atoms. The minimum absolute atomic E-state index is 0.0199. The first-order valence-electron chi connectivity index (χ1n) is 7.63. The molecule has 0 heterocycles. The number of nitrogens with zero attached hydrogens (tertiary/aromatic N) is 1. The number of carbonyl (C=O) groups excluding carboxylic acids is 1. The van der Waals surface area contributed by atoms with E-state index in [0.717, 1.165) is 26.1 Å². The third-order valence-corrected chi connectivity index (χ3v) is 3.19. The van der Waals surface area contributed by atoms with E-state index in [1.807, 2.05) is 12.1 Å². The first-order valence-corrected chi connectivity index (χ1v) is 7.63. The summed E-state index contributed by atoms with van der Waals surface area (Å²) in [6.07, 6.45) is 1.49. The van der Waals surface area contributed by atoms with E-state index in [2.05, 4.69) is 24.1 Å². The molecule has 0 unspecified atom stereocenters. The second-order valence-corrected chi connectivity index (χ2v) is 4.96. The summed E-state index contributed by atoms with van der Waals surface area (Å²) in [6, 6.07) is 7.22. The molecule has 118 valence electrons. The number of rotatable bonds is 10. The number of anilines is 1. The van der Waals surface area contributed by atoms with Crippen LogP contribution in [0.5, 0.6) is 5.75 Å². The number of carbonyl (C=O) groups is 1. The van der Waals surface area contributed by atoms with Crippen molar-refractivity contribution in [1.82, 2.24) is 10.2 Å². The van der Waals surface area contributed by atoms with Crippen molar-refractivity contribution in [3.05, 3.63) is 24.3 Å². The zero-order chi connectivity index (χ0) is 15.5. The summed E-state index contributed by atoms with van der Waals surface area (Å²) < 4.78 is 5.49. The Morgan fingerprint density at radius 3 is 2.81 bits per heavy atom. The normalized spacial score (nSPS) is 10.6. The van der Waals surface area contributed by atoms with Gasteiger partial charge in [0.25, 0.3) is 0 Å². The zero-order valence-corrected chi connectivity index (χ0v) is 13.1. The maximum absolute atomic E-state index is 11.7. The van der Waals surface area contributed by atoms with E-state index in [4.69, 9.17) is 10.5 Å². The number of hydrogen-bond acceptors (Lipinski definition) is 4. The first kappa shape index (κ1) is 17.3. The van der Waals surface area contributed by atoms with E-state index in [0.29, 0.717) is 31.0 Å². The molecule has 3 N–H and O–H groups in total. The van der Waals surface area contributed by atoms with Crippen molar-refractivity contribution < 1.29 is 9.53 Å². The fourth-order valence-electron chi connectivity index (χ4n) is 2.05. The van der Waals surface area contributed by atoms with Crippen molar-refractivity contribution in [2.75, 3.05) is 38.5 Å². The number of likely N-dealkylation sites (N-methyl/N-ethyl adjacent to an activating group) is 1. The molecule has 1 aromatic rings. The molecule has 0 spiro atoms. The molecule has 5 heteroatoms. The molecule has 0 saturated carbocycles.